The van der Waals surface area contributed by atoms with Crippen molar-refractivity contribution in [3.63, 3.8) is 0 Å². The Kier molecular flexibility index (Phi) is 5.67. The van der Waals surface area contributed by atoms with Crippen LogP contribution in [0.4, 0.5) is 0 Å². The first-order chi connectivity index (χ1) is 7.88. The summed E-state index contributed by atoms with van der Waals surface area (Å²) in [7, 11) is -2.26. The number of para-hydroxylation sites is 1. The van der Waals surface area contributed by atoms with Crippen molar-refractivity contribution in [1.82, 2.24) is 0 Å². The molecule has 0 heterocycles. The van der Waals surface area contributed by atoms with Crippen molar-refractivity contribution in [3.05, 3.63) is 23.8 Å². The van der Waals surface area contributed by atoms with Gasteiger partial charge in [-0.25, -0.2) is 13.2 Å². The average molecular weight is 260 g/mol. The molecule has 0 fully saturated rings. The summed E-state index contributed by atoms with van der Waals surface area (Å²) in [6.07, 6.45) is 0.997. The summed E-state index contributed by atoms with van der Waals surface area (Å²) in [6.45, 7) is 4.00. The zero-order chi connectivity index (χ0) is 13.6. The quantitative estimate of drug-likeness (QED) is 0.896. The lowest BCUT2D eigenvalue weighted by Gasteiger charge is -2.09. The molecule has 0 aromatic heterocycles. The smallest absolute Gasteiger partial charge is 0.339 e. The van der Waals surface area contributed by atoms with Gasteiger partial charge in [-0.3, -0.25) is 0 Å². The van der Waals surface area contributed by atoms with Crippen LogP contribution in [0.3, 0.4) is 0 Å². The highest BCUT2D eigenvalue weighted by Crippen LogP contribution is 2.27. The predicted octanol–water partition coefficient (Wildman–Crippen LogP) is 1.82. The molecule has 0 aliphatic rings. The van der Waals surface area contributed by atoms with Crippen molar-refractivity contribution >= 4 is 15.8 Å². The van der Waals surface area contributed by atoms with E-state index in [4.69, 9.17) is 9.84 Å². The fourth-order valence-electron chi connectivity index (χ4n) is 1.19. The van der Waals surface area contributed by atoms with Crippen LogP contribution in [0, 0.1) is 0 Å². The molecule has 0 bridgehead atoms. The number of hydrogen-bond acceptors (Lipinski definition) is 4. The van der Waals surface area contributed by atoms with Crippen LogP contribution < -0.4 is 4.74 Å². The highest BCUT2D eigenvalue weighted by Gasteiger charge is 2.20. The lowest BCUT2D eigenvalue weighted by atomic mass is 10.2. The molecule has 0 aliphatic heterocycles. The average Bonchev–Trinajstić information content (AvgIpc) is 2.29. The molecule has 0 atom stereocenters. The topological polar surface area (TPSA) is 80.7 Å². The maximum Gasteiger partial charge on any atom is 0.339 e. The molecule has 0 spiro atoms. The largest absolute Gasteiger partial charge is 0.494 e. The highest BCUT2D eigenvalue weighted by molar-refractivity contribution is 7.90. The van der Waals surface area contributed by atoms with E-state index in [0.717, 1.165) is 6.26 Å². The van der Waals surface area contributed by atoms with Crippen molar-refractivity contribution in [2.75, 3.05) is 13.4 Å². The van der Waals surface area contributed by atoms with E-state index in [1.807, 2.05) is 13.8 Å². The van der Waals surface area contributed by atoms with Gasteiger partial charge in [-0.1, -0.05) is 19.9 Å². The summed E-state index contributed by atoms with van der Waals surface area (Å²) in [5, 5.41) is 8.81. The Morgan fingerprint density at radius 3 is 2.18 bits per heavy atom. The summed E-state index contributed by atoms with van der Waals surface area (Å²) in [4.78, 5) is 10.7. The van der Waals surface area contributed by atoms with Crippen molar-refractivity contribution in [2.24, 2.45) is 0 Å². The zero-order valence-corrected chi connectivity index (χ0v) is 11.0. The summed E-state index contributed by atoms with van der Waals surface area (Å²) in [5.41, 5.74) is -0.166. The zero-order valence-electron chi connectivity index (χ0n) is 10.2. The van der Waals surface area contributed by atoms with Crippen LogP contribution in [-0.2, 0) is 9.84 Å². The maximum atomic E-state index is 11.3. The Hall–Kier alpha value is -1.56. The second-order valence-electron chi connectivity index (χ2n) is 2.91. The van der Waals surface area contributed by atoms with Gasteiger partial charge in [0.2, 0.25) is 0 Å². The van der Waals surface area contributed by atoms with Gasteiger partial charge in [0.1, 0.15) is 10.5 Å². The van der Waals surface area contributed by atoms with E-state index < -0.39 is 15.8 Å². The van der Waals surface area contributed by atoms with E-state index in [0.29, 0.717) is 0 Å². The number of carboxylic acids is 1. The number of carboxylic acid groups (broad SMARTS) is 1. The van der Waals surface area contributed by atoms with E-state index in [-0.39, 0.29) is 16.2 Å². The van der Waals surface area contributed by atoms with E-state index >= 15 is 0 Å². The van der Waals surface area contributed by atoms with E-state index in [1.54, 1.807) is 0 Å². The summed E-state index contributed by atoms with van der Waals surface area (Å²) >= 11 is 0. The summed E-state index contributed by atoms with van der Waals surface area (Å²) in [6, 6.07) is 3.96. The van der Waals surface area contributed by atoms with Gasteiger partial charge in [-0.2, -0.15) is 0 Å². The Balaban J connectivity index is 0.00000121. The first-order valence-electron chi connectivity index (χ1n) is 4.98. The molecular formula is C11H16O5S. The van der Waals surface area contributed by atoms with Crippen molar-refractivity contribution in [2.45, 2.75) is 18.7 Å². The number of aromatic carboxylic acids is 1. The van der Waals surface area contributed by atoms with Crippen LogP contribution in [0.5, 0.6) is 5.75 Å². The minimum absolute atomic E-state index is 0.120. The molecule has 0 aliphatic carbocycles. The second kappa shape index (κ2) is 6.24. The number of hydrogen-bond donors (Lipinski definition) is 1. The lowest BCUT2D eigenvalue weighted by Crippen LogP contribution is -2.06. The molecule has 96 valence electrons. The van der Waals surface area contributed by atoms with E-state index in [9.17, 15) is 13.2 Å². The molecule has 1 aromatic carbocycles. The molecule has 0 unspecified atom stereocenters. The molecule has 0 saturated heterocycles. The third-order valence-corrected chi connectivity index (χ3v) is 2.93. The standard InChI is InChI=1S/C9H10O5S.C2H6/c1-14-8-6(9(10)11)4-3-5-7(8)15(2,12)13;1-2/h3-5H,1-2H3,(H,10,11);1-2H3. The van der Waals surface area contributed by atoms with Crippen LogP contribution in [-0.4, -0.2) is 32.9 Å². The Bertz CT molecular complexity index is 491. The molecule has 0 radical (unpaired) electrons. The van der Waals surface area contributed by atoms with Crippen LogP contribution in [0.2, 0.25) is 0 Å². The van der Waals surface area contributed by atoms with Gasteiger partial charge in [0.05, 0.1) is 7.11 Å². The van der Waals surface area contributed by atoms with Gasteiger partial charge in [-0.15, -0.1) is 0 Å². The van der Waals surface area contributed by atoms with Crippen LogP contribution in [0.25, 0.3) is 0 Å². The minimum Gasteiger partial charge on any atom is -0.494 e. The Labute approximate surface area is 101 Å². The highest BCUT2D eigenvalue weighted by atomic mass is 32.2. The number of benzene rings is 1. The summed E-state index contributed by atoms with van der Waals surface area (Å²) in [5.74, 6) is -1.36. The van der Waals surface area contributed by atoms with Gasteiger partial charge in [-0.05, 0) is 12.1 Å². The Morgan fingerprint density at radius 1 is 1.29 bits per heavy atom. The van der Waals surface area contributed by atoms with Crippen LogP contribution >= 0.6 is 0 Å². The van der Waals surface area contributed by atoms with E-state index in [2.05, 4.69) is 0 Å². The van der Waals surface area contributed by atoms with Crippen molar-refractivity contribution in [3.8, 4) is 5.75 Å². The monoisotopic (exact) mass is 260 g/mol. The molecule has 1 rings (SSSR count). The molecule has 1 N–H and O–H groups in total. The Morgan fingerprint density at radius 2 is 1.82 bits per heavy atom. The maximum absolute atomic E-state index is 11.3. The van der Waals surface area contributed by atoms with Crippen molar-refractivity contribution in [1.29, 1.82) is 0 Å². The normalized spacial score (nSPS) is 10.1. The third-order valence-electron chi connectivity index (χ3n) is 1.81. The number of sulfone groups is 1. The van der Waals surface area contributed by atoms with Gasteiger partial charge in [0.25, 0.3) is 0 Å². The predicted molar refractivity (Wildman–Crippen MR) is 64.4 cm³/mol. The van der Waals surface area contributed by atoms with Crippen LogP contribution in [0.15, 0.2) is 23.1 Å². The van der Waals surface area contributed by atoms with E-state index in [1.165, 1.54) is 25.3 Å². The van der Waals surface area contributed by atoms with Gasteiger partial charge < -0.3 is 9.84 Å². The second-order valence-corrected chi connectivity index (χ2v) is 4.90. The minimum atomic E-state index is -3.49. The fraction of sp³-hybridized carbons (Fsp3) is 0.364. The molecule has 1 aromatic rings. The van der Waals surface area contributed by atoms with Crippen LogP contribution in [0.1, 0.15) is 24.2 Å². The first-order valence-corrected chi connectivity index (χ1v) is 6.87. The fourth-order valence-corrected chi connectivity index (χ4v) is 2.04. The number of carbonyl (C=O) groups is 1. The number of methoxy groups -OCH3 is 1. The van der Waals surface area contributed by atoms with Gasteiger partial charge in [0, 0.05) is 6.26 Å². The molecule has 6 heteroatoms. The van der Waals surface area contributed by atoms with Gasteiger partial charge in [0.15, 0.2) is 15.6 Å². The molecule has 17 heavy (non-hydrogen) atoms. The number of rotatable bonds is 3. The number of ether oxygens (including phenoxy) is 1. The lowest BCUT2D eigenvalue weighted by molar-refractivity contribution is 0.0693. The molecule has 5 nitrogen and oxygen atoms in total. The van der Waals surface area contributed by atoms with Crippen molar-refractivity contribution < 1.29 is 23.1 Å². The third kappa shape index (κ3) is 3.74. The molecule has 0 amide bonds. The van der Waals surface area contributed by atoms with Gasteiger partial charge >= 0.3 is 5.97 Å². The summed E-state index contributed by atoms with van der Waals surface area (Å²) < 4.78 is 27.4. The first kappa shape index (κ1) is 15.4. The molecular weight excluding hydrogens is 244 g/mol. The molecule has 0 saturated carbocycles. The SMILES string of the molecule is CC.COc1c(C(=O)O)cccc1S(C)(=O)=O.